The number of ether oxygens (including phenoxy) is 1. The maximum atomic E-state index is 11.5. The molecule has 0 rings (SSSR count). The molecule has 0 radical (unpaired) electrons. The number of hydrogen-bond donors (Lipinski definition) is 2. The Morgan fingerprint density at radius 3 is 1.58 bits per heavy atom. The topological polar surface area (TPSA) is 89.6 Å². The van der Waals surface area contributed by atoms with Crippen LogP contribution in [0.3, 0.4) is 0 Å². The molecule has 0 aliphatic carbocycles. The van der Waals surface area contributed by atoms with E-state index in [1.54, 1.807) is 0 Å². The molecule has 6 heteroatoms. The summed E-state index contributed by atoms with van der Waals surface area (Å²) >= 11 is 0. The number of rotatable bonds is 17. The summed E-state index contributed by atoms with van der Waals surface area (Å²) in [6.45, 7) is 10.2. The van der Waals surface area contributed by atoms with Gasteiger partial charge in [0.1, 0.15) is 0 Å². The Balaban J connectivity index is 3.93. The van der Waals surface area contributed by atoms with Crippen molar-refractivity contribution in [2.45, 2.75) is 91.9 Å². The van der Waals surface area contributed by atoms with Crippen LogP contribution in [0.15, 0.2) is 0 Å². The number of unbranched alkanes of at least 4 members (excludes halogenated alkanes) is 2. The van der Waals surface area contributed by atoms with Crippen LogP contribution < -0.4 is 5.14 Å². The van der Waals surface area contributed by atoms with E-state index in [0.717, 1.165) is 77.4 Å². The smallest absolute Gasteiger partial charge is 0.209 e. The third-order valence-electron chi connectivity index (χ3n) is 6.33. The minimum Gasteiger partial charge on any atom is -0.396 e. The van der Waals surface area contributed by atoms with Gasteiger partial charge in [0.15, 0.2) is 0 Å². The fourth-order valence-electron chi connectivity index (χ4n) is 3.72. The normalized spacial score (nSPS) is 13.3. The van der Waals surface area contributed by atoms with Crippen molar-refractivity contribution < 1.29 is 18.3 Å². The lowest BCUT2D eigenvalue weighted by Gasteiger charge is -2.30. The van der Waals surface area contributed by atoms with Crippen LogP contribution in [0, 0.1) is 10.8 Å². The molecule has 158 valence electrons. The lowest BCUT2D eigenvalue weighted by molar-refractivity contribution is 0.0904. The van der Waals surface area contributed by atoms with Crippen molar-refractivity contribution in [2.75, 3.05) is 25.6 Å². The molecule has 0 saturated heterocycles. The van der Waals surface area contributed by atoms with E-state index in [9.17, 15) is 13.5 Å². The van der Waals surface area contributed by atoms with Crippen LogP contribution in [-0.4, -0.2) is 39.1 Å². The van der Waals surface area contributed by atoms with Crippen LogP contribution in [0.1, 0.15) is 91.9 Å². The van der Waals surface area contributed by atoms with E-state index in [2.05, 4.69) is 13.8 Å². The molecule has 0 unspecified atom stereocenters. The first-order valence-corrected chi connectivity index (χ1v) is 12.1. The van der Waals surface area contributed by atoms with Gasteiger partial charge in [-0.1, -0.05) is 40.5 Å². The number of nitrogens with two attached hydrogens (primary N) is 1. The highest BCUT2D eigenvalue weighted by Gasteiger charge is 2.30. The predicted molar refractivity (Wildman–Crippen MR) is 110 cm³/mol. The first-order chi connectivity index (χ1) is 12.2. The number of hydrogen-bond acceptors (Lipinski definition) is 4. The second-order valence-corrected chi connectivity index (χ2v) is 9.52. The zero-order valence-corrected chi connectivity index (χ0v) is 18.4. The lowest BCUT2D eigenvalue weighted by atomic mass is 9.79. The van der Waals surface area contributed by atoms with E-state index >= 15 is 0 Å². The average Bonchev–Trinajstić information content (AvgIpc) is 2.62. The van der Waals surface area contributed by atoms with E-state index in [1.807, 2.05) is 13.8 Å². The minimum atomic E-state index is -3.43. The molecule has 0 amide bonds. The van der Waals surface area contributed by atoms with Crippen molar-refractivity contribution in [2.24, 2.45) is 16.0 Å². The Labute approximate surface area is 162 Å². The van der Waals surface area contributed by atoms with E-state index in [0.29, 0.717) is 0 Å². The second kappa shape index (κ2) is 13.1. The number of sulfonamides is 1. The van der Waals surface area contributed by atoms with Gasteiger partial charge in [0.05, 0.1) is 5.75 Å². The molecule has 0 fully saturated rings. The summed E-state index contributed by atoms with van der Waals surface area (Å²) in [6.07, 6.45) is 9.70. The number of aliphatic hydroxyl groups is 1. The van der Waals surface area contributed by atoms with Gasteiger partial charge < -0.3 is 9.84 Å². The van der Waals surface area contributed by atoms with Crippen molar-refractivity contribution in [1.82, 2.24) is 0 Å². The standard InChI is InChI=1S/C20H43NO4S/c1-5-19(6-2,17-22)13-9-11-15-25-16-12-10-14-20(7-3,8-4)18-26(21,23)24/h22H,5-18H2,1-4H3,(H2,21,23,24). The highest BCUT2D eigenvalue weighted by Crippen LogP contribution is 2.34. The molecule has 0 aromatic rings. The van der Waals surface area contributed by atoms with Gasteiger partial charge in [0.2, 0.25) is 10.0 Å². The van der Waals surface area contributed by atoms with Crippen molar-refractivity contribution in [3.63, 3.8) is 0 Å². The molecule has 26 heavy (non-hydrogen) atoms. The van der Waals surface area contributed by atoms with Crippen LogP contribution >= 0.6 is 0 Å². The zero-order chi connectivity index (χ0) is 20.1. The zero-order valence-electron chi connectivity index (χ0n) is 17.6. The first kappa shape index (κ1) is 25.8. The third-order valence-corrected chi connectivity index (χ3v) is 7.35. The van der Waals surface area contributed by atoms with E-state index in [1.165, 1.54) is 0 Å². The van der Waals surface area contributed by atoms with Gasteiger partial charge in [-0.25, -0.2) is 13.6 Å². The monoisotopic (exact) mass is 393 g/mol. The third kappa shape index (κ3) is 10.2. The Hall–Kier alpha value is -0.170. The molecule has 0 saturated carbocycles. The molecule has 0 aliphatic rings. The molecule has 3 N–H and O–H groups in total. The van der Waals surface area contributed by atoms with Crippen LogP contribution in [0.25, 0.3) is 0 Å². The molecular formula is C20H43NO4S. The maximum Gasteiger partial charge on any atom is 0.209 e. The van der Waals surface area contributed by atoms with Crippen molar-refractivity contribution >= 4 is 10.0 Å². The average molecular weight is 394 g/mol. The summed E-state index contributed by atoms with van der Waals surface area (Å²) in [5.74, 6) is 0.0787. The Kier molecular flexibility index (Phi) is 13.0. The summed E-state index contributed by atoms with van der Waals surface area (Å²) < 4.78 is 28.7. The summed E-state index contributed by atoms with van der Waals surface area (Å²) in [4.78, 5) is 0. The van der Waals surface area contributed by atoms with E-state index < -0.39 is 10.0 Å². The molecule has 0 aromatic carbocycles. The summed E-state index contributed by atoms with van der Waals surface area (Å²) in [5.41, 5.74) is -0.103. The Morgan fingerprint density at radius 2 is 1.23 bits per heavy atom. The van der Waals surface area contributed by atoms with Crippen molar-refractivity contribution in [1.29, 1.82) is 0 Å². The fraction of sp³-hybridized carbons (Fsp3) is 1.00. The van der Waals surface area contributed by atoms with E-state index in [-0.39, 0.29) is 23.2 Å². The quantitative estimate of drug-likeness (QED) is 0.362. The SMILES string of the molecule is CCC(CC)(CO)CCCCOCCCCC(CC)(CC)CS(N)(=O)=O. The molecule has 0 spiro atoms. The number of aliphatic hydroxyl groups excluding tert-OH is 1. The molecule has 0 aliphatic heterocycles. The van der Waals surface area contributed by atoms with Gasteiger partial charge in [-0.05, 0) is 62.2 Å². The van der Waals surface area contributed by atoms with Gasteiger partial charge >= 0.3 is 0 Å². The Bertz CT molecular complexity index is 434. The maximum absolute atomic E-state index is 11.5. The predicted octanol–water partition coefficient (Wildman–Crippen LogP) is 4.24. The van der Waals surface area contributed by atoms with Gasteiger partial charge in [0, 0.05) is 19.8 Å². The van der Waals surface area contributed by atoms with E-state index in [4.69, 9.17) is 9.88 Å². The molecule has 0 aromatic heterocycles. The van der Waals surface area contributed by atoms with Crippen LogP contribution in [-0.2, 0) is 14.8 Å². The van der Waals surface area contributed by atoms with Gasteiger partial charge in [-0.15, -0.1) is 0 Å². The van der Waals surface area contributed by atoms with Crippen molar-refractivity contribution in [3.8, 4) is 0 Å². The molecule has 0 atom stereocenters. The number of primary sulfonamides is 1. The van der Waals surface area contributed by atoms with Crippen LogP contribution in [0.5, 0.6) is 0 Å². The summed E-state index contributed by atoms with van der Waals surface area (Å²) in [7, 11) is -3.43. The lowest BCUT2D eigenvalue weighted by Crippen LogP contribution is -2.33. The van der Waals surface area contributed by atoms with Crippen LogP contribution in [0.4, 0.5) is 0 Å². The van der Waals surface area contributed by atoms with Gasteiger partial charge in [-0.3, -0.25) is 0 Å². The van der Waals surface area contributed by atoms with Crippen LogP contribution in [0.2, 0.25) is 0 Å². The largest absolute Gasteiger partial charge is 0.396 e. The van der Waals surface area contributed by atoms with Crippen molar-refractivity contribution in [3.05, 3.63) is 0 Å². The highest BCUT2D eigenvalue weighted by molar-refractivity contribution is 7.89. The first-order valence-electron chi connectivity index (χ1n) is 10.4. The van der Waals surface area contributed by atoms with Gasteiger partial charge in [0.25, 0.3) is 0 Å². The second-order valence-electron chi connectivity index (χ2n) is 7.91. The molecule has 5 nitrogen and oxygen atoms in total. The fourth-order valence-corrected chi connectivity index (χ4v) is 5.13. The molecule has 0 bridgehead atoms. The minimum absolute atomic E-state index is 0.0787. The summed E-state index contributed by atoms with van der Waals surface area (Å²) in [5, 5.41) is 14.8. The van der Waals surface area contributed by atoms with Gasteiger partial charge in [-0.2, -0.15) is 0 Å². The Morgan fingerprint density at radius 1 is 0.808 bits per heavy atom. The molecule has 0 heterocycles. The molecular weight excluding hydrogens is 350 g/mol. The highest BCUT2D eigenvalue weighted by atomic mass is 32.2. The summed E-state index contributed by atoms with van der Waals surface area (Å²) in [6, 6.07) is 0.